The maximum Gasteiger partial charge on any atom is 0.306 e. The molecule has 0 saturated carbocycles. The summed E-state index contributed by atoms with van der Waals surface area (Å²) in [5, 5.41) is 0. The maximum atomic E-state index is 13.5. The second-order valence-electron chi connectivity index (χ2n) is 10.5. The molecule has 1 rings (SSSR count). The first-order chi connectivity index (χ1) is 18.5. The molecular weight excluding hydrogens is 486 g/mol. The third-order valence-corrected chi connectivity index (χ3v) is 6.92. The summed E-state index contributed by atoms with van der Waals surface area (Å²) in [5.41, 5.74) is -0.0119. The molecule has 0 heterocycles. The Morgan fingerprint density at radius 3 is 1.55 bits per heavy atom. The molecule has 0 aliphatic rings. The number of rotatable bonds is 25. The Balaban J connectivity index is 1.81. The van der Waals surface area contributed by atoms with Gasteiger partial charge in [0.1, 0.15) is 18.2 Å². The van der Waals surface area contributed by atoms with E-state index in [1.165, 1.54) is 103 Å². The minimum absolute atomic E-state index is 0.0119. The van der Waals surface area contributed by atoms with Crippen molar-refractivity contribution in [1.82, 2.24) is 0 Å². The molecule has 0 aliphatic heterocycles. The minimum Gasteiger partial charge on any atom is -0.466 e. The highest BCUT2D eigenvalue weighted by atomic mass is 19.1. The largest absolute Gasteiger partial charge is 0.466 e. The van der Waals surface area contributed by atoms with Crippen LogP contribution in [-0.2, 0) is 25.7 Å². The van der Waals surface area contributed by atoms with Gasteiger partial charge in [-0.05, 0) is 31.0 Å². The van der Waals surface area contributed by atoms with Crippen molar-refractivity contribution in [1.29, 1.82) is 0 Å². The minimum atomic E-state index is -0.623. The second-order valence-corrected chi connectivity index (χ2v) is 10.5. The Morgan fingerprint density at radius 1 is 0.605 bits per heavy atom. The number of benzene rings is 1. The molecule has 6 heteroatoms. The van der Waals surface area contributed by atoms with Gasteiger partial charge in [0.15, 0.2) is 0 Å². The van der Waals surface area contributed by atoms with Gasteiger partial charge in [-0.2, -0.15) is 0 Å². The third kappa shape index (κ3) is 20.0. The van der Waals surface area contributed by atoms with Gasteiger partial charge in [0.25, 0.3) is 0 Å². The zero-order valence-corrected chi connectivity index (χ0v) is 23.9. The van der Waals surface area contributed by atoms with Crippen LogP contribution in [0.3, 0.4) is 0 Å². The topological polar surface area (TPSA) is 52.6 Å². The smallest absolute Gasteiger partial charge is 0.306 e. The number of hydrogen-bond acceptors (Lipinski definition) is 4. The lowest BCUT2D eigenvalue weighted by atomic mass is 10.0. The molecule has 0 saturated heterocycles. The Hall–Kier alpha value is -1.98. The number of halogens is 2. The second kappa shape index (κ2) is 24.1. The van der Waals surface area contributed by atoms with Crippen LogP contribution in [0.4, 0.5) is 8.78 Å². The number of carbonyl (C=O) groups is 2. The summed E-state index contributed by atoms with van der Waals surface area (Å²) >= 11 is 0. The summed E-state index contributed by atoms with van der Waals surface area (Å²) in [6.07, 6.45) is 24.2. The fraction of sp³-hybridized carbons (Fsp3) is 0.750. The van der Waals surface area contributed by atoms with E-state index in [1.54, 1.807) is 0 Å². The number of ether oxygens (including phenoxy) is 2. The van der Waals surface area contributed by atoms with Crippen molar-refractivity contribution < 1.29 is 27.8 Å². The normalized spacial score (nSPS) is 11.0. The highest BCUT2D eigenvalue weighted by Crippen LogP contribution is 2.15. The van der Waals surface area contributed by atoms with Crippen LogP contribution >= 0.6 is 0 Å². The van der Waals surface area contributed by atoms with E-state index in [-0.39, 0.29) is 31.0 Å². The van der Waals surface area contributed by atoms with Crippen molar-refractivity contribution in [3.8, 4) is 0 Å². The molecule has 38 heavy (non-hydrogen) atoms. The lowest BCUT2D eigenvalue weighted by Crippen LogP contribution is -2.09. The molecule has 218 valence electrons. The van der Waals surface area contributed by atoms with E-state index in [0.717, 1.165) is 31.0 Å². The maximum absolute atomic E-state index is 13.5. The Labute approximate surface area is 230 Å². The Kier molecular flexibility index (Phi) is 21.6. The molecule has 0 fully saturated rings. The average molecular weight is 539 g/mol. The Morgan fingerprint density at radius 2 is 1.05 bits per heavy atom. The highest BCUT2D eigenvalue weighted by Gasteiger charge is 2.10. The summed E-state index contributed by atoms with van der Waals surface area (Å²) in [5.74, 6) is -2.08. The highest BCUT2D eigenvalue weighted by molar-refractivity contribution is 5.72. The van der Waals surface area contributed by atoms with E-state index in [2.05, 4.69) is 6.92 Å². The van der Waals surface area contributed by atoms with Gasteiger partial charge in [0.05, 0.1) is 6.61 Å². The van der Waals surface area contributed by atoms with E-state index in [9.17, 15) is 18.4 Å². The van der Waals surface area contributed by atoms with Gasteiger partial charge in [-0.25, -0.2) is 8.78 Å². The molecule has 4 nitrogen and oxygen atoms in total. The van der Waals surface area contributed by atoms with Crippen LogP contribution in [0, 0.1) is 11.6 Å². The number of unbranched alkanes of at least 4 members (excludes halogenated alkanes) is 17. The first-order valence-corrected chi connectivity index (χ1v) is 15.3. The lowest BCUT2D eigenvalue weighted by molar-refractivity contribution is -0.146. The molecule has 0 radical (unpaired) electrons. The molecule has 0 aliphatic carbocycles. The van der Waals surface area contributed by atoms with Crippen LogP contribution < -0.4 is 0 Å². The van der Waals surface area contributed by atoms with E-state index >= 15 is 0 Å². The molecular formula is C32H52F2O4. The quantitative estimate of drug-likeness (QED) is 0.0918. The number of esters is 2. The summed E-state index contributed by atoms with van der Waals surface area (Å²) in [4.78, 5) is 23.5. The predicted octanol–water partition coefficient (Wildman–Crippen LogP) is 9.76. The third-order valence-electron chi connectivity index (χ3n) is 6.92. The molecule has 0 bridgehead atoms. The van der Waals surface area contributed by atoms with Crippen molar-refractivity contribution in [2.45, 2.75) is 148 Å². The van der Waals surface area contributed by atoms with Gasteiger partial charge >= 0.3 is 11.9 Å². The molecule has 1 aromatic rings. The fourth-order valence-corrected chi connectivity index (χ4v) is 4.52. The van der Waals surface area contributed by atoms with Gasteiger partial charge < -0.3 is 9.47 Å². The van der Waals surface area contributed by atoms with Crippen LogP contribution in [-0.4, -0.2) is 18.5 Å². The van der Waals surface area contributed by atoms with Crippen molar-refractivity contribution in [2.75, 3.05) is 6.61 Å². The van der Waals surface area contributed by atoms with Crippen molar-refractivity contribution in [2.24, 2.45) is 0 Å². The zero-order chi connectivity index (χ0) is 27.7. The molecule has 0 N–H and O–H groups in total. The molecule has 0 atom stereocenters. The van der Waals surface area contributed by atoms with Crippen molar-refractivity contribution in [3.63, 3.8) is 0 Å². The molecule has 0 unspecified atom stereocenters. The monoisotopic (exact) mass is 538 g/mol. The predicted molar refractivity (Wildman–Crippen MR) is 150 cm³/mol. The van der Waals surface area contributed by atoms with Gasteiger partial charge in [0, 0.05) is 18.4 Å². The fourth-order valence-electron chi connectivity index (χ4n) is 4.52. The summed E-state index contributed by atoms with van der Waals surface area (Å²) < 4.78 is 36.8. The van der Waals surface area contributed by atoms with Crippen LogP contribution in [0.25, 0.3) is 0 Å². The molecule has 0 amide bonds. The number of carbonyl (C=O) groups excluding carboxylic acids is 2. The summed E-state index contributed by atoms with van der Waals surface area (Å²) in [6, 6.07) is 3.00. The SMILES string of the molecule is CCCCCCCCCCCCCCCCCCCCOC(=O)CCCC(=O)OCc1cc(F)ccc1F. The van der Waals surface area contributed by atoms with Crippen LogP contribution in [0.15, 0.2) is 18.2 Å². The van der Waals surface area contributed by atoms with Gasteiger partial charge in [0.2, 0.25) is 0 Å². The van der Waals surface area contributed by atoms with E-state index < -0.39 is 17.6 Å². The average Bonchev–Trinajstić information content (AvgIpc) is 2.90. The molecule has 1 aromatic carbocycles. The van der Waals surface area contributed by atoms with E-state index in [4.69, 9.17) is 9.47 Å². The van der Waals surface area contributed by atoms with Crippen LogP contribution in [0.5, 0.6) is 0 Å². The van der Waals surface area contributed by atoms with Gasteiger partial charge in [-0.3, -0.25) is 9.59 Å². The lowest BCUT2D eigenvalue weighted by Gasteiger charge is -2.07. The van der Waals surface area contributed by atoms with Gasteiger partial charge in [-0.15, -0.1) is 0 Å². The standard InChI is InChI=1S/C32H52F2O4/c1-2-3-4-5-6-7-8-9-10-11-12-13-14-15-16-17-18-19-25-37-31(35)21-20-22-32(36)38-27-28-26-29(33)23-24-30(28)34/h23-24,26H,2-22,25,27H2,1H3. The summed E-state index contributed by atoms with van der Waals surface area (Å²) in [6.45, 7) is 2.36. The first kappa shape index (κ1) is 34.0. The summed E-state index contributed by atoms with van der Waals surface area (Å²) in [7, 11) is 0. The van der Waals surface area contributed by atoms with Gasteiger partial charge in [-0.1, -0.05) is 116 Å². The number of hydrogen-bond donors (Lipinski definition) is 0. The van der Waals surface area contributed by atoms with Crippen molar-refractivity contribution >= 4 is 11.9 Å². The molecule has 0 aromatic heterocycles. The van der Waals surface area contributed by atoms with Crippen LogP contribution in [0.1, 0.15) is 147 Å². The zero-order valence-electron chi connectivity index (χ0n) is 23.9. The van der Waals surface area contributed by atoms with E-state index in [1.807, 2.05) is 0 Å². The molecule has 0 spiro atoms. The van der Waals surface area contributed by atoms with E-state index in [0.29, 0.717) is 13.0 Å². The van der Waals surface area contributed by atoms with Crippen molar-refractivity contribution in [3.05, 3.63) is 35.4 Å². The van der Waals surface area contributed by atoms with Crippen LogP contribution in [0.2, 0.25) is 0 Å². The first-order valence-electron chi connectivity index (χ1n) is 15.3. The Bertz CT molecular complexity index is 738.